The van der Waals surface area contributed by atoms with Crippen LogP contribution in [0.15, 0.2) is 36.4 Å². The van der Waals surface area contributed by atoms with Gasteiger partial charge in [0, 0.05) is 10.6 Å². The number of carboxylic acids is 1. The maximum absolute atomic E-state index is 11.2. The molecule has 0 saturated heterocycles. The van der Waals surface area contributed by atoms with Crippen LogP contribution in [-0.2, 0) is 0 Å². The number of benzene rings is 2. The van der Waals surface area contributed by atoms with E-state index in [-0.39, 0.29) is 5.56 Å². The Morgan fingerprint density at radius 2 is 1.79 bits per heavy atom. The summed E-state index contributed by atoms with van der Waals surface area (Å²) in [4.78, 5) is 11.2. The highest BCUT2D eigenvalue weighted by atomic mass is 35.5. The zero-order chi connectivity index (χ0) is 14.0. The maximum Gasteiger partial charge on any atom is 0.339 e. The molecule has 0 aliphatic rings. The second kappa shape index (κ2) is 5.33. The van der Waals surface area contributed by atoms with E-state index in [9.17, 15) is 9.90 Å². The number of carbonyl (C=O) groups is 1. The van der Waals surface area contributed by atoms with Gasteiger partial charge in [0.25, 0.3) is 0 Å². The molecule has 0 atom stereocenters. The fraction of sp³-hybridized carbons (Fsp3) is 0.133. The minimum Gasteiger partial charge on any atom is -0.495 e. The normalized spacial score (nSPS) is 10.3. The topological polar surface area (TPSA) is 46.5 Å². The molecule has 0 unspecified atom stereocenters. The summed E-state index contributed by atoms with van der Waals surface area (Å²) in [7, 11) is 1.46. The van der Waals surface area contributed by atoms with E-state index in [0.29, 0.717) is 10.8 Å². The van der Waals surface area contributed by atoms with Crippen molar-refractivity contribution in [2.75, 3.05) is 7.11 Å². The predicted octanol–water partition coefficient (Wildman–Crippen LogP) is 4.02. The van der Waals surface area contributed by atoms with Crippen LogP contribution in [0.3, 0.4) is 0 Å². The van der Waals surface area contributed by atoms with Crippen LogP contribution in [0.25, 0.3) is 11.1 Å². The Kier molecular flexibility index (Phi) is 3.76. The molecular formula is C15H13ClO3. The maximum atomic E-state index is 11.2. The Balaban J connectivity index is 2.72. The highest BCUT2D eigenvalue weighted by Crippen LogP contribution is 2.36. The van der Waals surface area contributed by atoms with Gasteiger partial charge in [-0.15, -0.1) is 0 Å². The van der Waals surface area contributed by atoms with Gasteiger partial charge in [0.1, 0.15) is 11.3 Å². The first kappa shape index (κ1) is 13.4. The molecular weight excluding hydrogens is 264 g/mol. The minimum atomic E-state index is -1.02. The molecule has 0 bridgehead atoms. The van der Waals surface area contributed by atoms with Gasteiger partial charge in [-0.05, 0) is 30.2 Å². The van der Waals surface area contributed by atoms with Crippen molar-refractivity contribution in [3.63, 3.8) is 0 Å². The van der Waals surface area contributed by atoms with E-state index in [1.165, 1.54) is 13.2 Å². The van der Waals surface area contributed by atoms with Gasteiger partial charge in [0.15, 0.2) is 0 Å². The van der Waals surface area contributed by atoms with E-state index in [0.717, 1.165) is 16.7 Å². The molecule has 3 nitrogen and oxygen atoms in total. The van der Waals surface area contributed by atoms with Crippen LogP contribution in [0.1, 0.15) is 15.9 Å². The van der Waals surface area contributed by atoms with Crippen LogP contribution >= 0.6 is 11.6 Å². The van der Waals surface area contributed by atoms with Crippen LogP contribution in [-0.4, -0.2) is 18.2 Å². The standard InChI is InChI=1S/C15H13ClO3/c1-9-10(5-4-8-13(9)16)11-6-3-7-12(15(17)18)14(11)19-2/h3-8H,1-2H3,(H,17,18). The summed E-state index contributed by atoms with van der Waals surface area (Å²) >= 11 is 6.10. The molecule has 0 aromatic heterocycles. The molecule has 0 aliphatic heterocycles. The molecule has 0 saturated carbocycles. The lowest BCUT2D eigenvalue weighted by molar-refractivity contribution is 0.0693. The summed E-state index contributed by atoms with van der Waals surface area (Å²) in [5, 5.41) is 9.83. The summed E-state index contributed by atoms with van der Waals surface area (Å²) in [5.41, 5.74) is 2.62. The van der Waals surface area contributed by atoms with Crippen LogP contribution in [0.4, 0.5) is 0 Å². The van der Waals surface area contributed by atoms with Gasteiger partial charge < -0.3 is 9.84 Å². The number of rotatable bonds is 3. The van der Waals surface area contributed by atoms with E-state index >= 15 is 0 Å². The first-order chi connectivity index (χ1) is 9.06. The number of ether oxygens (including phenoxy) is 1. The molecule has 0 heterocycles. The van der Waals surface area contributed by atoms with Crippen molar-refractivity contribution in [2.45, 2.75) is 6.92 Å². The van der Waals surface area contributed by atoms with Gasteiger partial charge in [-0.25, -0.2) is 4.79 Å². The third-order valence-corrected chi connectivity index (χ3v) is 3.42. The second-order valence-corrected chi connectivity index (χ2v) is 4.51. The second-order valence-electron chi connectivity index (χ2n) is 4.10. The lowest BCUT2D eigenvalue weighted by Crippen LogP contribution is -2.02. The molecule has 0 radical (unpaired) electrons. The first-order valence-electron chi connectivity index (χ1n) is 5.72. The number of aromatic carboxylic acids is 1. The Morgan fingerprint density at radius 3 is 2.42 bits per heavy atom. The Bertz CT molecular complexity index is 635. The van der Waals surface area contributed by atoms with Gasteiger partial charge in [-0.1, -0.05) is 35.9 Å². The van der Waals surface area contributed by atoms with Gasteiger partial charge in [0.2, 0.25) is 0 Å². The lowest BCUT2D eigenvalue weighted by atomic mass is 9.97. The van der Waals surface area contributed by atoms with Crippen molar-refractivity contribution in [1.29, 1.82) is 0 Å². The summed E-state index contributed by atoms with van der Waals surface area (Å²) in [5.74, 6) is -0.668. The fourth-order valence-electron chi connectivity index (χ4n) is 2.04. The summed E-state index contributed by atoms with van der Waals surface area (Å²) < 4.78 is 5.26. The van der Waals surface area contributed by atoms with Crippen molar-refractivity contribution in [3.05, 3.63) is 52.5 Å². The van der Waals surface area contributed by atoms with E-state index < -0.39 is 5.97 Å². The lowest BCUT2D eigenvalue weighted by Gasteiger charge is -2.14. The van der Waals surface area contributed by atoms with Crippen LogP contribution < -0.4 is 4.74 Å². The molecule has 0 aliphatic carbocycles. The van der Waals surface area contributed by atoms with Gasteiger partial charge in [0.05, 0.1) is 7.11 Å². The van der Waals surface area contributed by atoms with Crippen molar-refractivity contribution in [2.24, 2.45) is 0 Å². The van der Waals surface area contributed by atoms with Gasteiger partial charge >= 0.3 is 5.97 Å². The van der Waals surface area contributed by atoms with Crippen molar-refractivity contribution in [1.82, 2.24) is 0 Å². The number of carboxylic acid groups (broad SMARTS) is 1. The quantitative estimate of drug-likeness (QED) is 0.921. The molecule has 19 heavy (non-hydrogen) atoms. The van der Waals surface area contributed by atoms with Crippen molar-refractivity contribution in [3.8, 4) is 16.9 Å². The Morgan fingerprint density at radius 1 is 1.16 bits per heavy atom. The summed E-state index contributed by atoms with van der Waals surface area (Å²) in [6.07, 6.45) is 0. The molecule has 1 N–H and O–H groups in total. The third-order valence-electron chi connectivity index (χ3n) is 3.01. The smallest absolute Gasteiger partial charge is 0.339 e. The van der Waals surface area contributed by atoms with E-state index in [1.54, 1.807) is 12.1 Å². The SMILES string of the molecule is COc1c(C(=O)O)cccc1-c1cccc(Cl)c1C. The average Bonchev–Trinajstić information content (AvgIpc) is 2.41. The minimum absolute atomic E-state index is 0.138. The number of halogens is 1. The van der Waals surface area contributed by atoms with Crippen molar-refractivity contribution >= 4 is 17.6 Å². The summed E-state index contributed by atoms with van der Waals surface area (Å²) in [6.45, 7) is 1.89. The largest absolute Gasteiger partial charge is 0.495 e. The molecule has 4 heteroatoms. The van der Waals surface area contributed by atoms with Crippen LogP contribution in [0.5, 0.6) is 5.75 Å². The van der Waals surface area contributed by atoms with E-state index in [1.807, 2.05) is 25.1 Å². The predicted molar refractivity (Wildman–Crippen MR) is 75.1 cm³/mol. The third kappa shape index (κ3) is 2.42. The van der Waals surface area contributed by atoms with Crippen LogP contribution in [0, 0.1) is 6.92 Å². The molecule has 98 valence electrons. The fourth-order valence-corrected chi connectivity index (χ4v) is 2.21. The molecule has 2 aromatic rings. The monoisotopic (exact) mass is 276 g/mol. The zero-order valence-electron chi connectivity index (χ0n) is 10.6. The molecule has 0 fully saturated rings. The van der Waals surface area contributed by atoms with Crippen molar-refractivity contribution < 1.29 is 14.6 Å². The number of methoxy groups -OCH3 is 1. The number of hydrogen-bond donors (Lipinski definition) is 1. The zero-order valence-corrected chi connectivity index (χ0v) is 11.4. The molecule has 2 rings (SSSR count). The molecule has 0 spiro atoms. The number of hydrogen-bond acceptors (Lipinski definition) is 2. The van der Waals surface area contributed by atoms with Crippen LogP contribution in [0.2, 0.25) is 5.02 Å². The van der Waals surface area contributed by atoms with E-state index in [4.69, 9.17) is 16.3 Å². The van der Waals surface area contributed by atoms with Gasteiger partial charge in [-0.3, -0.25) is 0 Å². The first-order valence-corrected chi connectivity index (χ1v) is 6.10. The number of para-hydroxylation sites is 1. The van der Waals surface area contributed by atoms with E-state index in [2.05, 4.69) is 0 Å². The van der Waals surface area contributed by atoms with Gasteiger partial charge in [-0.2, -0.15) is 0 Å². The summed E-state index contributed by atoms with van der Waals surface area (Å²) in [6, 6.07) is 10.6. The highest BCUT2D eigenvalue weighted by Gasteiger charge is 2.17. The average molecular weight is 277 g/mol. The Labute approximate surface area is 116 Å². The molecule has 2 aromatic carbocycles. The highest BCUT2D eigenvalue weighted by molar-refractivity contribution is 6.31. The Hall–Kier alpha value is -2.00. The molecule has 0 amide bonds.